The van der Waals surface area contributed by atoms with Gasteiger partial charge in [0.25, 0.3) is 0 Å². The molecule has 0 aromatic heterocycles. The summed E-state index contributed by atoms with van der Waals surface area (Å²) in [6.45, 7) is 1.43. The highest BCUT2D eigenvalue weighted by Crippen LogP contribution is 2.31. The van der Waals surface area contributed by atoms with Gasteiger partial charge in [0.05, 0.1) is 9.37 Å². The molecule has 0 radical (unpaired) electrons. The summed E-state index contributed by atoms with van der Waals surface area (Å²) in [6.07, 6.45) is 0.765. The Morgan fingerprint density at radius 3 is 2.68 bits per heavy atom. The molecule has 4 nitrogen and oxygen atoms in total. The van der Waals surface area contributed by atoms with Crippen LogP contribution in [-0.4, -0.2) is 15.0 Å². The van der Waals surface area contributed by atoms with E-state index < -0.39 is 10.0 Å². The van der Waals surface area contributed by atoms with Crippen molar-refractivity contribution in [2.24, 2.45) is 5.14 Å². The maximum absolute atomic E-state index is 13.3. The molecular formula is C15H14BrFN2O2S. The number of hydrogen-bond donors (Lipinski definition) is 1. The maximum Gasteiger partial charge on any atom is 0.238 e. The van der Waals surface area contributed by atoms with E-state index in [1.165, 1.54) is 12.1 Å². The number of benzene rings is 2. The number of halogens is 2. The molecule has 1 aliphatic heterocycles. The van der Waals surface area contributed by atoms with Crippen molar-refractivity contribution >= 4 is 31.6 Å². The van der Waals surface area contributed by atoms with Crippen LogP contribution in [0.5, 0.6) is 0 Å². The molecule has 3 rings (SSSR count). The van der Waals surface area contributed by atoms with Crippen molar-refractivity contribution in [3.63, 3.8) is 0 Å². The van der Waals surface area contributed by atoms with Crippen LogP contribution in [0.1, 0.15) is 11.1 Å². The van der Waals surface area contributed by atoms with Crippen LogP contribution in [0.4, 0.5) is 10.1 Å². The van der Waals surface area contributed by atoms with Gasteiger partial charge >= 0.3 is 0 Å². The van der Waals surface area contributed by atoms with Gasteiger partial charge in [-0.2, -0.15) is 0 Å². The minimum absolute atomic E-state index is 0.137. The Morgan fingerprint density at radius 1 is 1.23 bits per heavy atom. The van der Waals surface area contributed by atoms with Crippen LogP contribution in [0.3, 0.4) is 0 Å². The topological polar surface area (TPSA) is 63.4 Å². The van der Waals surface area contributed by atoms with E-state index in [1.807, 2.05) is 0 Å². The molecule has 2 N–H and O–H groups in total. The monoisotopic (exact) mass is 384 g/mol. The summed E-state index contributed by atoms with van der Waals surface area (Å²) in [5.74, 6) is -0.289. The van der Waals surface area contributed by atoms with Gasteiger partial charge in [0.15, 0.2) is 0 Å². The first kappa shape index (κ1) is 15.5. The second kappa shape index (κ2) is 5.64. The molecule has 0 fully saturated rings. The summed E-state index contributed by atoms with van der Waals surface area (Å²) in [5, 5.41) is 5.16. The third-order valence-corrected chi connectivity index (χ3v) is 5.25. The molecule has 0 unspecified atom stereocenters. The zero-order valence-corrected chi connectivity index (χ0v) is 14.0. The predicted molar refractivity (Wildman–Crippen MR) is 86.7 cm³/mol. The third-order valence-electron chi connectivity index (χ3n) is 3.73. The standard InChI is InChI=1S/C15H14BrFN2O2S/c16-13-7-10(1-3-14(13)17)9-19-6-5-11-8-12(22(18,20)21)2-4-15(11)19/h1-4,7-8H,5-6,9H2,(H2,18,20,21). The van der Waals surface area contributed by atoms with Gasteiger partial charge in [-0.3, -0.25) is 0 Å². The quantitative estimate of drug-likeness (QED) is 0.884. The van der Waals surface area contributed by atoms with Crippen LogP contribution < -0.4 is 10.0 Å². The lowest BCUT2D eigenvalue weighted by molar-refractivity contribution is 0.597. The summed E-state index contributed by atoms with van der Waals surface area (Å²) < 4.78 is 36.5. The van der Waals surface area contributed by atoms with Crippen LogP contribution in [0.2, 0.25) is 0 Å². The predicted octanol–water partition coefficient (Wildman–Crippen LogP) is 2.80. The molecule has 7 heteroatoms. The van der Waals surface area contributed by atoms with E-state index in [0.29, 0.717) is 11.0 Å². The average molecular weight is 385 g/mol. The Hall–Kier alpha value is -1.44. The Kier molecular flexibility index (Phi) is 3.96. The van der Waals surface area contributed by atoms with Crippen molar-refractivity contribution < 1.29 is 12.8 Å². The lowest BCUT2D eigenvalue weighted by atomic mass is 10.1. The van der Waals surface area contributed by atoms with Crippen molar-refractivity contribution in [1.29, 1.82) is 0 Å². The van der Waals surface area contributed by atoms with Crippen molar-refractivity contribution in [3.05, 3.63) is 57.8 Å². The Morgan fingerprint density at radius 2 is 2.00 bits per heavy atom. The first-order valence-electron chi connectivity index (χ1n) is 6.69. The smallest absolute Gasteiger partial charge is 0.238 e. The SMILES string of the molecule is NS(=O)(=O)c1ccc2c(c1)CCN2Cc1ccc(F)c(Br)c1. The van der Waals surface area contributed by atoms with Gasteiger partial charge in [-0.15, -0.1) is 0 Å². The molecule has 2 aromatic carbocycles. The van der Waals surface area contributed by atoms with E-state index >= 15 is 0 Å². The average Bonchev–Trinajstić information content (AvgIpc) is 2.84. The molecule has 0 amide bonds. The van der Waals surface area contributed by atoms with E-state index in [-0.39, 0.29) is 10.7 Å². The highest BCUT2D eigenvalue weighted by molar-refractivity contribution is 9.10. The zero-order valence-electron chi connectivity index (χ0n) is 11.6. The van der Waals surface area contributed by atoms with E-state index in [4.69, 9.17) is 5.14 Å². The van der Waals surface area contributed by atoms with E-state index in [9.17, 15) is 12.8 Å². The number of nitrogens with zero attached hydrogens (tertiary/aromatic N) is 1. The number of nitrogens with two attached hydrogens (primary N) is 1. The molecule has 0 saturated carbocycles. The van der Waals surface area contributed by atoms with Crippen LogP contribution in [-0.2, 0) is 23.0 Å². The molecule has 116 valence electrons. The van der Waals surface area contributed by atoms with Gasteiger partial charge in [0.2, 0.25) is 10.0 Å². The Bertz CT molecular complexity index is 839. The lowest BCUT2D eigenvalue weighted by Gasteiger charge is -2.20. The van der Waals surface area contributed by atoms with Crippen LogP contribution in [0.25, 0.3) is 0 Å². The molecule has 1 heterocycles. The first-order valence-corrected chi connectivity index (χ1v) is 9.03. The fraction of sp³-hybridized carbons (Fsp3) is 0.200. The lowest BCUT2D eigenvalue weighted by Crippen LogP contribution is -2.19. The molecular weight excluding hydrogens is 371 g/mol. The number of sulfonamides is 1. The summed E-state index contributed by atoms with van der Waals surface area (Å²) in [4.78, 5) is 2.28. The fourth-order valence-electron chi connectivity index (χ4n) is 2.65. The molecule has 0 bridgehead atoms. The van der Waals surface area contributed by atoms with Gasteiger partial charge in [-0.25, -0.2) is 17.9 Å². The number of anilines is 1. The van der Waals surface area contributed by atoms with Crippen LogP contribution in [0, 0.1) is 5.82 Å². The van der Waals surface area contributed by atoms with E-state index in [0.717, 1.165) is 29.8 Å². The van der Waals surface area contributed by atoms with Crippen LogP contribution >= 0.6 is 15.9 Å². The van der Waals surface area contributed by atoms with Crippen molar-refractivity contribution in [1.82, 2.24) is 0 Å². The number of rotatable bonds is 3. The molecule has 2 aromatic rings. The van der Waals surface area contributed by atoms with Crippen LogP contribution in [0.15, 0.2) is 45.8 Å². The second-order valence-corrected chi connectivity index (χ2v) is 7.67. The molecule has 22 heavy (non-hydrogen) atoms. The zero-order chi connectivity index (χ0) is 15.9. The molecule has 0 aliphatic carbocycles. The number of primary sulfonamides is 1. The van der Waals surface area contributed by atoms with Crippen molar-refractivity contribution in [2.75, 3.05) is 11.4 Å². The van der Waals surface area contributed by atoms with Gasteiger partial charge in [-0.05, 0) is 63.8 Å². The minimum atomic E-state index is -3.68. The normalized spacial score (nSPS) is 14.2. The first-order chi connectivity index (χ1) is 10.3. The van der Waals surface area contributed by atoms with Crippen molar-refractivity contribution in [3.8, 4) is 0 Å². The van der Waals surface area contributed by atoms with Gasteiger partial charge < -0.3 is 4.90 Å². The molecule has 0 atom stereocenters. The highest BCUT2D eigenvalue weighted by Gasteiger charge is 2.21. The maximum atomic E-state index is 13.3. The largest absolute Gasteiger partial charge is 0.367 e. The Balaban J connectivity index is 1.87. The van der Waals surface area contributed by atoms with Gasteiger partial charge in [0.1, 0.15) is 5.82 Å². The van der Waals surface area contributed by atoms with Gasteiger partial charge in [0, 0.05) is 18.8 Å². The van der Waals surface area contributed by atoms with E-state index in [2.05, 4.69) is 20.8 Å². The number of hydrogen-bond acceptors (Lipinski definition) is 3. The summed E-state index contributed by atoms with van der Waals surface area (Å²) in [7, 11) is -3.68. The van der Waals surface area contributed by atoms with E-state index in [1.54, 1.807) is 24.3 Å². The third kappa shape index (κ3) is 3.02. The Labute approximate surface area is 136 Å². The number of fused-ring (bicyclic) bond motifs is 1. The minimum Gasteiger partial charge on any atom is -0.367 e. The summed E-state index contributed by atoms with van der Waals surface area (Å²) in [5.41, 5.74) is 2.94. The molecule has 1 aliphatic rings. The fourth-order valence-corrected chi connectivity index (χ4v) is 3.64. The summed E-state index contributed by atoms with van der Waals surface area (Å²) in [6, 6.07) is 9.86. The van der Waals surface area contributed by atoms with Gasteiger partial charge in [-0.1, -0.05) is 6.07 Å². The summed E-state index contributed by atoms with van der Waals surface area (Å²) >= 11 is 3.18. The van der Waals surface area contributed by atoms with Crippen molar-refractivity contribution in [2.45, 2.75) is 17.9 Å². The second-order valence-electron chi connectivity index (χ2n) is 5.26. The highest BCUT2D eigenvalue weighted by atomic mass is 79.9. The molecule has 0 saturated heterocycles. The molecule has 0 spiro atoms.